The fourth-order valence-electron chi connectivity index (χ4n) is 1.43. The molecule has 0 fully saturated rings. The predicted molar refractivity (Wildman–Crippen MR) is 53.0 cm³/mol. The van der Waals surface area contributed by atoms with Crippen LogP contribution in [0.2, 0.25) is 0 Å². The van der Waals surface area contributed by atoms with Crippen molar-refractivity contribution in [2.24, 2.45) is 5.73 Å². The summed E-state index contributed by atoms with van der Waals surface area (Å²) >= 11 is 0. The summed E-state index contributed by atoms with van der Waals surface area (Å²) in [4.78, 5) is 8.04. The van der Waals surface area contributed by atoms with Crippen molar-refractivity contribution in [2.45, 2.75) is 19.4 Å². The second kappa shape index (κ2) is 4.70. The van der Waals surface area contributed by atoms with Crippen LogP contribution in [0.15, 0.2) is 23.4 Å². The lowest BCUT2D eigenvalue weighted by Crippen LogP contribution is -2.10. The topological polar surface area (TPSA) is 82.8 Å². The smallest absolute Gasteiger partial charge is 0.213 e. The molecule has 2 N–H and O–H groups in total. The van der Waals surface area contributed by atoms with Gasteiger partial charge in [-0.05, 0) is 6.54 Å². The molecule has 0 aromatic carbocycles. The molecule has 0 saturated carbocycles. The van der Waals surface area contributed by atoms with E-state index in [-0.39, 0.29) is 0 Å². The van der Waals surface area contributed by atoms with Crippen LogP contribution in [0.25, 0.3) is 0 Å². The highest BCUT2D eigenvalue weighted by Crippen LogP contribution is 2.02. The Hall–Kier alpha value is -1.69. The molecule has 0 aliphatic heterocycles. The predicted octanol–water partition coefficient (Wildman–Crippen LogP) is 0.01000. The molecule has 15 heavy (non-hydrogen) atoms. The minimum absolute atomic E-state index is 0.633. The molecule has 0 amide bonds. The van der Waals surface area contributed by atoms with Crippen molar-refractivity contribution in [2.75, 3.05) is 6.54 Å². The van der Waals surface area contributed by atoms with E-state index in [1.807, 2.05) is 6.20 Å². The SMILES string of the molecule is NCCc1cncn1CCc1ncon1. The third-order valence-electron chi connectivity index (χ3n) is 2.18. The van der Waals surface area contributed by atoms with Crippen LogP contribution in [-0.4, -0.2) is 26.2 Å². The fourth-order valence-corrected chi connectivity index (χ4v) is 1.43. The number of nitrogens with zero attached hydrogens (tertiary/aromatic N) is 4. The van der Waals surface area contributed by atoms with Crippen molar-refractivity contribution in [3.05, 3.63) is 30.4 Å². The Morgan fingerprint density at radius 2 is 2.33 bits per heavy atom. The van der Waals surface area contributed by atoms with Crippen LogP contribution in [-0.2, 0) is 19.4 Å². The third-order valence-corrected chi connectivity index (χ3v) is 2.18. The Kier molecular flexibility index (Phi) is 3.08. The molecule has 2 rings (SSSR count). The van der Waals surface area contributed by atoms with Gasteiger partial charge in [0.15, 0.2) is 5.82 Å². The third kappa shape index (κ3) is 2.41. The molecule has 2 aromatic rings. The highest BCUT2D eigenvalue weighted by atomic mass is 16.5. The first-order valence-corrected chi connectivity index (χ1v) is 4.84. The Morgan fingerprint density at radius 3 is 3.07 bits per heavy atom. The van der Waals surface area contributed by atoms with Gasteiger partial charge in [0.1, 0.15) is 0 Å². The van der Waals surface area contributed by atoms with Crippen molar-refractivity contribution in [3.63, 3.8) is 0 Å². The van der Waals surface area contributed by atoms with Crippen molar-refractivity contribution < 1.29 is 4.52 Å². The first kappa shape index (κ1) is 9.85. The molecular weight excluding hydrogens is 194 g/mol. The molecule has 0 aliphatic rings. The van der Waals surface area contributed by atoms with E-state index in [4.69, 9.17) is 5.73 Å². The second-order valence-electron chi connectivity index (χ2n) is 3.21. The molecule has 80 valence electrons. The number of hydrogen-bond acceptors (Lipinski definition) is 5. The first-order chi connectivity index (χ1) is 7.40. The molecule has 0 saturated heterocycles. The lowest BCUT2D eigenvalue weighted by Gasteiger charge is -2.04. The normalized spacial score (nSPS) is 10.7. The summed E-state index contributed by atoms with van der Waals surface area (Å²) in [6, 6.07) is 0. The largest absolute Gasteiger partial charge is 0.343 e. The zero-order valence-corrected chi connectivity index (χ0v) is 8.33. The van der Waals surface area contributed by atoms with Crippen molar-refractivity contribution >= 4 is 0 Å². The number of aryl methyl sites for hydroxylation is 2. The van der Waals surface area contributed by atoms with Crippen LogP contribution < -0.4 is 5.73 Å². The van der Waals surface area contributed by atoms with E-state index in [0.717, 1.165) is 25.1 Å². The maximum Gasteiger partial charge on any atom is 0.213 e. The standard InChI is InChI=1S/C9H13N5O/c10-3-1-8-5-11-6-14(8)4-2-9-12-7-15-13-9/h5-7H,1-4,10H2. The van der Waals surface area contributed by atoms with Gasteiger partial charge in [-0.25, -0.2) is 4.98 Å². The van der Waals surface area contributed by atoms with E-state index < -0.39 is 0 Å². The van der Waals surface area contributed by atoms with Crippen molar-refractivity contribution in [1.29, 1.82) is 0 Å². The number of imidazole rings is 1. The molecule has 0 spiro atoms. The fraction of sp³-hybridized carbons (Fsp3) is 0.444. The Balaban J connectivity index is 1.95. The molecule has 6 nitrogen and oxygen atoms in total. The minimum atomic E-state index is 0.633. The van der Waals surface area contributed by atoms with Crippen molar-refractivity contribution in [1.82, 2.24) is 19.7 Å². The highest BCUT2D eigenvalue weighted by molar-refractivity contribution is 4.99. The molecule has 2 heterocycles. The molecule has 0 aliphatic carbocycles. The minimum Gasteiger partial charge on any atom is -0.343 e. The van der Waals surface area contributed by atoms with Crippen LogP contribution in [0.4, 0.5) is 0 Å². The van der Waals surface area contributed by atoms with Gasteiger partial charge in [-0.2, -0.15) is 4.98 Å². The Morgan fingerprint density at radius 1 is 1.40 bits per heavy atom. The molecule has 6 heteroatoms. The van der Waals surface area contributed by atoms with Crippen LogP contribution in [0, 0.1) is 0 Å². The van der Waals surface area contributed by atoms with Crippen LogP contribution in [0.5, 0.6) is 0 Å². The summed E-state index contributed by atoms with van der Waals surface area (Å²) in [6.45, 7) is 1.43. The number of rotatable bonds is 5. The summed E-state index contributed by atoms with van der Waals surface area (Å²) in [5.41, 5.74) is 6.64. The quantitative estimate of drug-likeness (QED) is 0.746. The molecule has 0 unspecified atom stereocenters. The van der Waals surface area contributed by atoms with Gasteiger partial charge < -0.3 is 14.8 Å². The summed E-state index contributed by atoms with van der Waals surface area (Å²) in [5.74, 6) is 0.711. The Bertz CT molecular complexity index is 394. The van der Waals surface area contributed by atoms with Gasteiger partial charge in [-0.1, -0.05) is 5.16 Å². The highest BCUT2D eigenvalue weighted by Gasteiger charge is 2.03. The Labute approximate surface area is 87.1 Å². The van der Waals surface area contributed by atoms with Crippen LogP contribution >= 0.6 is 0 Å². The average molecular weight is 207 g/mol. The monoisotopic (exact) mass is 207 g/mol. The van der Waals surface area contributed by atoms with Crippen molar-refractivity contribution in [3.8, 4) is 0 Å². The number of aromatic nitrogens is 4. The summed E-state index contributed by atoms with van der Waals surface area (Å²) in [5, 5.41) is 3.75. The van der Waals surface area contributed by atoms with Crippen LogP contribution in [0.1, 0.15) is 11.5 Å². The lowest BCUT2D eigenvalue weighted by molar-refractivity contribution is 0.408. The summed E-state index contributed by atoms with van der Waals surface area (Å²) in [6.07, 6.45) is 6.55. The molecule has 0 bridgehead atoms. The van der Waals surface area contributed by atoms with E-state index in [0.29, 0.717) is 12.4 Å². The lowest BCUT2D eigenvalue weighted by atomic mass is 10.3. The van der Waals surface area contributed by atoms with E-state index in [2.05, 4.69) is 24.2 Å². The first-order valence-electron chi connectivity index (χ1n) is 4.84. The maximum absolute atomic E-state index is 5.50. The molecule has 0 atom stereocenters. The summed E-state index contributed by atoms with van der Waals surface area (Å²) < 4.78 is 6.71. The van der Waals surface area contributed by atoms with E-state index in [1.165, 1.54) is 6.39 Å². The number of nitrogens with two attached hydrogens (primary N) is 1. The van der Waals surface area contributed by atoms with Gasteiger partial charge >= 0.3 is 0 Å². The van der Waals surface area contributed by atoms with E-state index in [1.54, 1.807) is 6.33 Å². The van der Waals surface area contributed by atoms with Crippen LogP contribution in [0.3, 0.4) is 0 Å². The molecular formula is C9H13N5O. The number of hydrogen-bond donors (Lipinski definition) is 1. The maximum atomic E-state index is 5.50. The molecule has 0 radical (unpaired) electrons. The van der Waals surface area contributed by atoms with Gasteiger partial charge in [0, 0.05) is 31.3 Å². The van der Waals surface area contributed by atoms with E-state index >= 15 is 0 Å². The average Bonchev–Trinajstić information content (AvgIpc) is 2.85. The van der Waals surface area contributed by atoms with Gasteiger partial charge in [0.05, 0.1) is 6.33 Å². The van der Waals surface area contributed by atoms with Gasteiger partial charge in [-0.3, -0.25) is 0 Å². The zero-order valence-electron chi connectivity index (χ0n) is 8.33. The second-order valence-corrected chi connectivity index (χ2v) is 3.21. The van der Waals surface area contributed by atoms with Gasteiger partial charge in [0.2, 0.25) is 6.39 Å². The zero-order chi connectivity index (χ0) is 10.5. The van der Waals surface area contributed by atoms with Gasteiger partial charge in [0.25, 0.3) is 0 Å². The molecule has 2 aromatic heterocycles. The summed E-state index contributed by atoms with van der Waals surface area (Å²) in [7, 11) is 0. The van der Waals surface area contributed by atoms with Gasteiger partial charge in [-0.15, -0.1) is 0 Å². The van der Waals surface area contributed by atoms with E-state index in [9.17, 15) is 0 Å².